The zero-order valence-corrected chi connectivity index (χ0v) is 16.9. The minimum atomic E-state index is -0.393. The maximum Gasteiger partial charge on any atom is 0.310 e. The number of aryl methyl sites for hydroxylation is 1. The highest BCUT2D eigenvalue weighted by atomic mass is 35.5. The highest BCUT2D eigenvalue weighted by Gasteiger charge is 2.36. The van der Waals surface area contributed by atoms with Crippen LogP contribution in [0.2, 0.25) is 5.02 Å². The van der Waals surface area contributed by atoms with Crippen molar-refractivity contribution < 1.29 is 14.3 Å². The third-order valence-electron chi connectivity index (χ3n) is 5.33. The van der Waals surface area contributed by atoms with Crippen LogP contribution < -0.4 is 5.32 Å². The van der Waals surface area contributed by atoms with Crippen LogP contribution in [-0.4, -0.2) is 11.9 Å². The van der Waals surface area contributed by atoms with Crippen LogP contribution in [-0.2, 0) is 27.4 Å². The molecule has 5 heteroatoms. The number of halogens is 1. The molecular weight excluding hydrogens is 374 g/mol. The van der Waals surface area contributed by atoms with Crippen LogP contribution in [0, 0.1) is 11.8 Å². The number of ether oxygens (including phenoxy) is 1. The van der Waals surface area contributed by atoms with Crippen LogP contribution in [0.5, 0.6) is 0 Å². The van der Waals surface area contributed by atoms with E-state index in [0.717, 1.165) is 30.5 Å². The first kappa shape index (κ1) is 20.4. The average molecular weight is 400 g/mol. The molecule has 28 heavy (non-hydrogen) atoms. The lowest BCUT2D eigenvalue weighted by molar-refractivity contribution is -0.155. The molecule has 148 valence electrons. The van der Waals surface area contributed by atoms with Crippen molar-refractivity contribution >= 4 is 29.2 Å². The minimum Gasteiger partial charge on any atom is -0.461 e. The molecule has 0 radical (unpaired) electrons. The number of esters is 1. The van der Waals surface area contributed by atoms with Gasteiger partial charge in [-0.05, 0) is 54.7 Å². The predicted molar refractivity (Wildman–Crippen MR) is 111 cm³/mol. The zero-order valence-electron chi connectivity index (χ0n) is 16.1. The third-order valence-corrected chi connectivity index (χ3v) is 5.58. The highest BCUT2D eigenvalue weighted by Crippen LogP contribution is 2.32. The van der Waals surface area contributed by atoms with E-state index >= 15 is 0 Å². The summed E-state index contributed by atoms with van der Waals surface area (Å²) in [7, 11) is 0. The van der Waals surface area contributed by atoms with Gasteiger partial charge in [0.1, 0.15) is 6.61 Å². The Balaban J connectivity index is 1.60. The first-order chi connectivity index (χ1) is 13.6. The molecule has 1 aliphatic carbocycles. The molecule has 0 aromatic heterocycles. The van der Waals surface area contributed by atoms with Crippen molar-refractivity contribution in [3.63, 3.8) is 0 Å². The van der Waals surface area contributed by atoms with Gasteiger partial charge in [0, 0.05) is 10.7 Å². The topological polar surface area (TPSA) is 55.4 Å². The maximum atomic E-state index is 12.8. The Hall–Kier alpha value is -2.33. The fourth-order valence-electron chi connectivity index (χ4n) is 3.63. The van der Waals surface area contributed by atoms with Crippen molar-refractivity contribution in [1.82, 2.24) is 0 Å². The molecule has 0 aliphatic heterocycles. The van der Waals surface area contributed by atoms with Gasteiger partial charge >= 0.3 is 5.97 Å². The third kappa shape index (κ3) is 5.35. The molecule has 0 bridgehead atoms. The molecule has 2 aromatic rings. The number of rotatable bonds is 6. The molecule has 1 N–H and O–H groups in total. The van der Waals surface area contributed by atoms with Crippen LogP contribution in [0.3, 0.4) is 0 Å². The lowest BCUT2D eigenvalue weighted by Gasteiger charge is -2.29. The Bertz CT molecular complexity index is 802. The van der Waals surface area contributed by atoms with Gasteiger partial charge in [-0.2, -0.15) is 0 Å². The van der Waals surface area contributed by atoms with Crippen LogP contribution in [0.25, 0.3) is 0 Å². The molecule has 0 spiro atoms. The van der Waals surface area contributed by atoms with E-state index in [1.807, 2.05) is 36.4 Å². The molecule has 4 nitrogen and oxygen atoms in total. The first-order valence-electron chi connectivity index (χ1n) is 9.87. The van der Waals surface area contributed by atoms with Gasteiger partial charge in [0.05, 0.1) is 11.8 Å². The molecule has 2 atom stereocenters. The van der Waals surface area contributed by atoms with Gasteiger partial charge in [0.2, 0.25) is 5.91 Å². The van der Waals surface area contributed by atoms with Gasteiger partial charge in [0.15, 0.2) is 0 Å². The Morgan fingerprint density at radius 3 is 2.21 bits per heavy atom. The molecule has 0 heterocycles. The second-order valence-electron chi connectivity index (χ2n) is 7.27. The smallest absolute Gasteiger partial charge is 0.310 e. The Kier molecular flexibility index (Phi) is 7.10. The fourth-order valence-corrected chi connectivity index (χ4v) is 3.75. The molecule has 0 unspecified atom stereocenters. The molecule has 2 aromatic carbocycles. The summed E-state index contributed by atoms with van der Waals surface area (Å²) in [4.78, 5) is 25.5. The Morgan fingerprint density at radius 1 is 0.964 bits per heavy atom. The van der Waals surface area contributed by atoms with E-state index in [2.05, 4.69) is 12.2 Å². The van der Waals surface area contributed by atoms with Gasteiger partial charge in [-0.3, -0.25) is 9.59 Å². The summed E-state index contributed by atoms with van der Waals surface area (Å²) in [6.45, 7) is 2.29. The van der Waals surface area contributed by atoms with Crippen LogP contribution in [0.1, 0.15) is 43.7 Å². The lowest BCUT2D eigenvalue weighted by atomic mass is 9.78. The van der Waals surface area contributed by atoms with E-state index in [9.17, 15) is 9.59 Å². The summed E-state index contributed by atoms with van der Waals surface area (Å²) in [5.74, 6) is -1.14. The summed E-state index contributed by atoms with van der Waals surface area (Å²) < 4.78 is 5.51. The second-order valence-corrected chi connectivity index (χ2v) is 7.71. The minimum absolute atomic E-state index is 0.0996. The van der Waals surface area contributed by atoms with Crippen molar-refractivity contribution in [2.45, 2.75) is 45.6 Å². The predicted octanol–water partition coefficient (Wildman–Crippen LogP) is 5.39. The number of amides is 1. The summed E-state index contributed by atoms with van der Waals surface area (Å²) in [5, 5.41) is 3.61. The van der Waals surface area contributed by atoms with Gasteiger partial charge in [-0.1, -0.05) is 55.6 Å². The van der Waals surface area contributed by atoms with E-state index in [-0.39, 0.29) is 24.4 Å². The van der Waals surface area contributed by atoms with E-state index in [0.29, 0.717) is 17.9 Å². The lowest BCUT2D eigenvalue weighted by Crippen LogP contribution is -2.37. The number of carbonyl (C=O) groups excluding carboxylic acids is 2. The largest absolute Gasteiger partial charge is 0.461 e. The van der Waals surface area contributed by atoms with Crippen molar-refractivity contribution in [3.05, 3.63) is 64.7 Å². The first-order valence-corrected chi connectivity index (χ1v) is 10.3. The van der Waals surface area contributed by atoms with Gasteiger partial charge in [-0.15, -0.1) is 0 Å². The number of benzene rings is 2. The number of hydrogen-bond donors (Lipinski definition) is 1. The quantitative estimate of drug-likeness (QED) is 0.662. The number of hydrogen-bond acceptors (Lipinski definition) is 3. The van der Waals surface area contributed by atoms with Crippen molar-refractivity contribution in [1.29, 1.82) is 0 Å². The van der Waals surface area contributed by atoms with Crippen LogP contribution in [0.15, 0.2) is 48.5 Å². The molecule has 3 rings (SSSR count). The zero-order chi connectivity index (χ0) is 19.9. The molecule has 1 fully saturated rings. The SMILES string of the molecule is CCc1ccc(NC(=O)[C@@H]2CCCC[C@@H]2C(=O)OCc2ccc(Cl)cc2)cc1. The van der Waals surface area contributed by atoms with Gasteiger partial charge in [-0.25, -0.2) is 0 Å². The summed E-state index contributed by atoms with van der Waals surface area (Å²) in [5.41, 5.74) is 2.87. The molecule has 0 saturated heterocycles. The standard InChI is InChI=1S/C23H26ClNO3/c1-2-16-9-13-19(14-10-16)25-22(26)20-5-3-4-6-21(20)23(27)28-15-17-7-11-18(24)12-8-17/h7-14,20-21H,2-6,15H2,1H3,(H,25,26)/t20-,21+/m1/s1. The Morgan fingerprint density at radius 2 is 1.57 bits per heavy atom. The molecule has 1 aliphatic rings. The molecular formula is C23H26ClNO3. The van der Waals surface area contributed by atoms with Crippen LogP contribution in [0.4, 0.5) is 5.69 Å². The van der Waals surface area contributed by atoms with Crippen molar-refractivity contribution in [3.8, 4) is 0 Å². The van der Waals surface area contributed by atoms with Crippen LogP contribution >= 0.6 is 11.6 Å². The van der Waals surface area contributed by atoms with E-state index < -0.39 is 5.92 Å². The fraction of sp³-hybridized carbons (Fsp3) is 0.391. The average Bonchev–Trinajstić information content (AvgIpc) is 2.73. The number of carbonyl (C=O) groups is 2. The molecule has 1 amide bonds. The highest BCUT2D eigenvalue weighted by molar-refractivity contribution is 6.30. The number of nitrogens with one attached hydrogen (secondary N) is 1. The van der Waals surface area contributed by atoms with Gasteiger partial charge < -0.3 is 10.1 Å². The monoisotopic (exact) mass is 399 g/mol. The van der Waals surface area contributed by atoms with Crippen molar-refractivity contribution in [2.24, 2.45) is 11.8 Å². The summed E-state index contributed by atoms with van der Waals surface area (Å²) in [6.07, 6.45) is 4.24. The normalized spacial score (nSPS) is 19.1. The number of anilines is 1. The van der Waals surface area contributed by atoms with Gasteiger partial charge in [0.25, 0.3) is 0 Å². The molecule has 1 saturated carbocycles. The summed E-state index contributed by atoms with van der Waals surface area (Å²) in [6, 6.07) is 15.0. The van der Waals surface area contributed by atoms with E-state index in [1.165, 1.54) is 5.56 Å². The summed E-state index contributed by atoms with van der Waals surface area (Å²) >= 11 is 5.88. The second kappa shape index (κ2) is 9.74. The van der Waals surface area contributed by atoms with Crippen molar-refractivity contribution in [2.75, 3.05) is 5.32 Å². The maximum absolute atomic E-state index is 12.8. The Labute approximate surface area is 171 Å². The van der Waals surface area contributed by atoms with E-state index in [4.69, 9.17) is 16.3 Å². The van der Waals surface area contributed by atoms with E-state index in [1.54, 1.807) is 12.1 Å².